The van der Waals surface area contributed by atoms with E-state index in [1.54, 1.807) is 18.2 Å². The Labute approximate surface area is 255 Å². The minimum atomic E-state index is -4.32. The number of hydrogen-bond acceptors (Lipinski definition) is 5. The lowest BCUT2D eigenvalue weighted by atomic mass is 10.0. The van der Waals surface area contributed by atoms with Gasteiger partial charge in [-0.25, -0.2) is 13.7 Å². The van der Waals surface area contributed by atoms with Crippen molar-refractivity contribution >= 4 is 7.82 Å². The Hall–Kier alpha value is -1.70. The molecule has 0 fully saturated rings. The van der Waals surface area contributed by atoms with Crippen LogP contribution < -0.4 is 9.09 Å². The lowest BCUT2D eigenvalue weighted by Gasteiger charge is -2.20. The molecule has 0 radical (unpaired) electrons. The van der Waals surface area contributed by atoms with Crippen LogP contribution in [0.2, 0.25) is 0 Å². The van der Waals surface area contributed by atoms with E-state index in [0.29, 0.717) is 26.4 Å². The van der Waals surface area contributed by atoms with Gasteiger partial charge in [0.2, 0.25) is 6.33 Å². The fourth-order valence-corrected chi connectivity index (χ4v) is 5.67. The predicted molar refractivity (Wildman–Crippen MR) is 169 cm³/mol. The summed E-state index contributed by atoms with van der Waals surface area (Å²) in [5.74, 6) is 0.287. The fraction of sp³-hybridized carbons (Fsp3) is 0.727. The van der Waals surface area contributed by atoms with Gasteiger partial charge >= 0.3 is 7.82 Å². The standard InChI is InChI=1S/C33H57N2O6P/c1-4-6-7-8-9-10-11-12-13-14-15-16-17-18-25-38-28-33(39-24-5-2)29-40-42(36,37)41-32-21-19-20-31(26-32)27-35-23-22-34(3)30-35/h19-23,26,30,33H,4-18,24-25,27-29H2,1-3H3/p+1. The second kappa shape index (κ2) is 22.8. The fourth-order valence-electron chi connectivity index (χ4n) is 4.89. The van der Waals surface area contributed by atoms with Gasteiger partial charge in [0.1, 0.15) is 30.8 Å². The number of aromatic nitrogens is 2. The monoisotopic (exact) mass is 609 g/mol. The zero-order chi connectivity index (χ0) is 30.3. The van der Waals surface area contributed by atoms with Crippen LogP contribution in [0.5, 0.6) is 5.75 Å². The third-order valence-corrected chi connectivity index (χ3v) is 8.15. The third kappa shape index (κ3) is 18.1. The molecule has 0 saturated heterocycles. The Balaban J connectivity index is 1.57. The van der Waals surface area contributed by atoms with Gasteiger partial charge in [-0.1, -0.05) is 109 Å². The highest BCUT2D eigenvalue weighted by Gasteiger charge is 2.26. The molecule has 1 heterocycles. The van der Waals surface area contributed by atoms with Crippen molar-refractivity contribution in [3.8, 4) is 5.75 Å². The quantitative estimate of drug-likeness (QED) is 0.0625. The Bertz CT molecular complexity index is 985. The van der Waals surface area contributed by atoms with Crippen LogP contribution in [0.4, 0.5) is 0 Å². The van der Waals surface area contributed by atoms with Crippen molar-refractivity contribution in [1.82, 2.24) is 4.57 Å². The van der Waals surface area contributed by atoms with Crippen molar-refractivity contribution in [3.63, 3.8) is 0 Å². The Morgan fingerprint density at radius 2 is 1.50 bits per heavy atom. The first-order valence-electron chi connectivity index (χ1n) is 16.4. The highest BCUT2D eigenvalue weighted by atomic mass is 31.2. The summed E-state index contributed by atoms with van der Waals surface area (Å²) in [5.41, 5.74) is 0.949. The van der Waals surface area contributed by atoms with Gasteiger partial charge in [0.15, 0.2) is 0 Å². The first-order chi connectivity index (χ1) is 20.4. The number of nitrogens with zero attached hydrogens (tertiary/aromatic N) is 2. The van der Waals surface area contributed by atoms with Crippen LogP contribution in [0.15, 0.2) is 43.0 Å². The van der Waals surface area contributed by atoms with Crippen molar-refractivity contribution in [1.29, 1.82) is 0 Å². The molecule has 2 atom stereocenters. The Morgan fingerprint density at radius 3 is 2.10 bits per heavy atom. The smallest absolute Gasteiger partial charge is 0.404 e. The van der Waals surface area contributed by atoms with Crippen LogP contribution in [-0.2, 0) is 32.2 Å². The lowest BCUT2D eigenvalue weighted by Crippen LogP contribution is -2.26. The van der Waals surface area contributed by atoms with Gasteiger partial charge in [-0.2, -0.15) is 0 Å². The van der Waals surface area contributed by atoms with Crippen LogP contribution in [0.1, 0.15) is 116 Å². The number of phosphoric acid groups is 1. The van der Waals surface area contributed by atoms with Gasteiger partial charge in [0.25, 0.3) is 0 Å². The molecule has 42 heavy (non-hydrogen) atoms. The van der Waals surface area contributed by atoms with Crippen molar-refractivity contribution in [2.45, 2.75) is 123 Å². The number of hydrogen-bond donors (Lipinski definition) is 1. The van der Waals surface area contributed by atoms with Crippen LogP contribution in [0, 0.1) is 0 Å². The van der Waals surface area contributed by atoms with Crippen LogP contribution in [0.25, 0.3) is 0 Å². The summed E-state index contributed by atoms with van der Waals surface area (Å²) in [7, 11) is -2.36. The maximum absolute atomic E-state index is 12.7. The van der Waals surface area contributed by atoms with Crippen molar-refractivity contribution < 1.29 is 32.5 Å². The second-order valence-electron chi connectivity index (χ2n) is 11.4. The Kier molecular flexibility index (Phi) is 19.8. The van der Waals surface area contributed by atoms with Gasteiger partial charge in [0.05, 0.1) is 20.3 Å². The van der Waals surface area contributed by atoms with E-state index >= 15 is 0 Å². The topological polar surface area (TPSA) is 83.0 Å². The maximum Gasteiger partial charge on any atom is 0.527 e. The molecular weight excluding hydrogens is 551 g/mol. The molecule has 0 aliphatic carbocycles. The molecule has 8 nitrogen and oxygen atoms in total. The van der Waals surface area contributed by atoms with Crippen LogP contribution in [0.3, 0.4) is 0 Å². The molecule has 0 amide bonds. The van der Waals surface area contributed by atoms with Gasteiger partial charge in [-0.3, -0.25) is 9.42 Å². The molecule has 0 spiro atoms. The van der Waals surface area contributed by atoms with Crippen LogP contribution >= 0.6 is 7.82 Å². The average Bonchev–Trinajstić information content (AvgIpc) is 3.37. The number of unbranched alkanes of at least 4 members (excludes halogenated alkanes) is 13. The maximum atomic E-state index is 12.7. The van der Waals surface area contributed by atoms with E-state index in [0.717, 1.165) is 24.8 Å². The van der Waals surface area contributed by atoms with Crippen LogP contribution in [-0.4, -0.2) is 42.0 Å². The molecule has 1 aromatic heterocycles. The summed E-state index contributed by atoms with van der Waals surface area (Å²) >= 11 is 0. The molecule has 1 aromatic carbocycles. The van der Waals surface area contributed by atoms with E-state index in [1.807, 2.05) is 47.9 Å². The van der Waals surface area contributed by atoms with Gasteiger partial charge in [0, 0.05) is 13.2 Å². The molecule has 0 bridgehead atoms. The van der Waals surface area contributed by atoms with Crippen molar-refractivity contribution in [2.24, 2.45) is 7.05 Å². The molecule has 0 aliphatic heterocycles. The van der Waals surface area contributed by atoms with E-state index in [1.165, 1.54) is 77.0 Å². The summed E-state index contributed by atoms with van der Waals surface area (Å²) in [6.45, 7) is 6.35. The predicted octanol–water partition coefficient (Wildman–Crippen LogP) is 8.15. The molecule has 2 unspecified atom stereocenters. The van der Waals surface area contributed by atoms with E-state index < -0.39 is 13.9 Å². The summed E-state index contributed by atoms with van der Waals surface area (Å²) in [6.07, 6.45) is 24.8. The third-order valence-electron chi connectivity index (χ3n) is 7.24. The normalized spacial score (nSPS) is 13.7. The highest BCUT2D eigenvalue weighted by molar-refractivity contribution is 7.47. The minimum absolute atomic E-state index is 0.0773. The largest absolute Gasteiger partial charge is 0.527 e. The van der Waals surface area contributed by atoms with Crippen molar-refractivity contribution in [3.05, 3.63) is 48.5 Å². The van der Waals surface area contributed by atoms with Gasteiger partial charge in [-0.15, -0.1) is 0 Å². The number of benzene rings is 1. The molecule has 240 valence electrons. The van der Waals surface area contributed by atoms with E-state index in [2.05, 4.69) is 6.92 Å². The average molecular weight is 610 g/mol. The molecule has 9 heteroatoms. The van der Waals surface area contributed by atoms with Gasteiger partial charge < -0.3 is 14.0 Å². The first-order valence-corrected chi connectivity index (χ1v) is 17.9. The minimum Gasteiger partial charge on any atom is -0.404 e. The number of rotatable bonds is 27. The molecule has 2 aromatic rings. The SMILES string of the molecule is CCCCCCCCCCCCCCCCOCC(COP(=O)(O)Oc1cccc(Cn2cc[n+](C)c2)c1)OCCC. The Morgan fingerprint density at radius 1 is 0.857 bits per heavy atom. The summed E-state index contributed by atoms with van der Waals surface area (Å²) < 4.78 is 38.9. The number of phosphoric ester groups is 1. The molecular formula is C33H58N2O6P+. The number of ether oxygens (including phenoxy) is 2. The van der Waals surface area contributed by atoms with Crippen molar-refractivity contribution in [2.75, 3.05) is 26.4 Å². The zero-order valence-electron chi connectivity index (χ0n) is 26.6. The molecule has 0 saturated carbocycles. The molecule has 2 rings (SSSR count). The van der Waals surface area contributed by atoms with Gasteiger partial charge in [-0.05, 0) is 30.5 Å². The molecule has 1 N–H and O–H groups in total. The first kappa shape index (κ1) is 36.5. The lowest BCUT2D eigenvalue weighted by molar-refractivity contribution is -0.671. The summed E-state index contributed by atoms with van der Waals surface area (Å²) in [5, 5.41) is 0. The highest BCUT2D eigenvalue weighted by Crippen LogP contribution is 2.44. The van der Waals surface area contributed by atoms with E-state index in [4.69, 9.17) is 18.5 Å². The van der Waals surface area contributed by atoms with E-state index in [9.17, 15) is 9.46 Å². The van der Waals surface area contributed by atoms with E-state index in [-0.39, 0.29) is 12.4 Å². The second-order valence-corrected chi connectivity index (χ2v) is 12.8. The number of imidazole rings is 1. The summed E-state index contributed by atoms with van der Waals surface area (Å²) in [6, 6.07) is 7.14. The zero-order valence-corrected chi connectivity index (χ0v) is 27.5. The summed E-state index contributed by atoms with van der Waals surface area (Å²) in [4.78, 5) is 10.3. The molecule has 0 aliphatic rings. The number of aryl methyl sites for hydroxylation is 1.